The molecule has 3 rings (SSSR count). The third-order valence-corrected chi connectivity index (χ3v) is 6.26. The molecule has 3 aromatic rings. The fourth-order valence-electron chi connectivity index (χ4n) is 3.71. The number of pyridine rings is 1. The first-order valence-electron chi connectivity index (χ1n) is 11.6. The van der Waals surface area contributed by atoms with Gasteiger partial charge >= 0.3 is 0 Å². The molecule has 0 aliphatic rings. The predicted molar refractivity (Wildman–Crippen MR) is 137 cm³/mol. The van der Waals surface area contributed by atoms with Crippen molar-refractivity contribution in [1.82, 2.24) is 10.3 Å². The van der Waals surface area contributed by atoms with Crippen LogP contribution >= 0.6 is 11.8 Å². The van der Waals surface area contributed by atoms with Crippen LogP contribution in [0.2, 0.25) is 0 Å². The van der Waals surface area contributed by atoms with Crippen LogP contribution in [0.15, 0.2) is 59.6 Å². The lowest BCUT2D eigenvalue weighted by Gasteiger charge is -2.26. The lowest BCUT2D eigenvalue weighted by molar-refractivity contribution is 0.0946. The van der Waals surface area contributed by atoms with Crippen molar-refractivity contribution in [3.8, 4) is 0 Å². The summed E-state index contributed by atoms with van der Waals surface area (Å²) in [6.45, 7) is 5.99. The number of hydrogen-bond acceptors (Lipinski definition) is 5. The monoisotopic (exact) mass is 499 g/mol. The number of nitrogens with zero attached hydrogens (tertiary/aromatic N) is 2. The van der Waals surface area contributed by atoms with Crippen molar-refractivity contribution in [3.05, 3.63) is 88.5 Å². The van der Waals surface area contributed by atoms with E-state index in [1.165, 1.54) is 36.0 Å². The molecule has 0 unspecified atom stereocenters. The molecule has 1 N–H and O–H groups in total. The summed E-state index contributed by atoms with van der Waals surface area (Å²) >= 11 is 1.50. The van der Waals surface area contributed by atoms with Crippen molar-refractivity contribution >= 4 is 23.5 Å². The van der Waals surface area contributed by atoms with E-state index in [2.05, 4.69) is 10.2 Å². The Labute approximate surface area is 209 Å². The lowest BCUT2D eigenvalue weighted by Crippen LogP contribution is -2.28. The van der Waals surface area contributed by atoms with E-state index in [0.29, 0.717) is 35.8 Å². The fourth-order valence-corrected chi connectivity index (χ4v) is 4.54. The van der Waals surface area contributed by atoms with Gasteiger partial charge in [0.05, 0.1) is 5.56 Å². The van der Waals surface area contributed by atoms with Crippen LogP contribution in [0.3, 0.4) is 0 Å². The number of anilines is 1. The Hall–Kier alpha value is -2.97. The number of benzene rings is 2. The molecule has 1 heterocycles. The maximum Gasteiger partial charge on any atom is 0.254 e. The number of methoxy groups -OCH3 is 1. The van der Waals surface area contributed by atoms with Crippen molar-refractivity contribution in [2.75, 3.05) is 30.9 Å². The molecule has 0 radical (unpaired) electrons. The molecule has 0 aliphatic heterocycles. The fraction of sp³-hybridized carbons (Fsp3) is 0.333. The Bertz CT molecular complexity index is 1130. The quantitative estimate of drug-likeness (QED) is 0.254. The molecular weight excluding hydrogens is 468 g/mol. The highest BCUT2D eigenvalue weighted by Gasteiger charge is 2.20. The van der Waals surface area contributed by atoms with E-state index in [0.717, 1.165) is 29.1 Å². The number of aromatic nitrogens is 1. The Kier molecular flexibility index (Phi) is 10.0. The summed E-state index contributed by atoms with van der Waals surface area (Å²) in [5.41, 5.74) is 2.98. The van der Waals surface area contributed by atoms with E-state index in [4.69, 9.17) is 9.72 Å². The summed E-state index contributed by atoms with van der Waals surface area (Å²) < 4.78 is 32.1. The number of hydrogen-bond donors (Lipinski definition) is 1. The van der Waals surface area contributed by atoms with Gasteiger partial charge in [0.25, 0.3) is 5.91 Å². The Balaban J connectivity index is 1.87. The van der Waals surface area contributed by atoms with Gasteiger partial charge in [-0.15, -0.1) is 11.8 Å². The summed E-state index contributed by atoms with van der Waals surface area (Å²) in [7, 11) is 1.67. The number of aryl methyl sites for hydroxylation is 1. The number of thioether (sulfide) groups is 1. The Morgan fingerprint density at radius 3 is 2.54 bits per heavy atom. The largest absolute Gasteiger partial charge is 0.385 e. The molecule has 0 fully saturated rings. The predicted octanol–water partition coefficient (Wildman–Crippen LogP) is 5.75. The SMILES string of the molecule is CCSc1nc(N(CCCOC)Cc2ccc(F)cc2)cc(C)c1C(=O)NCc1cccc(F)c1. The van der Waals surface area contributed by atoms with Crippen LogP contribution in [0.4, 0.5) is 14.6 Å². The Morgan fingerprint density at radius 2 is 1.86 bits per heavy atom. The zero-order chi connectivity index (χ0) is 25.2. The van der Waals surface area contributed by atoms with E-state index in [9.17, 15) is 13.6 Å². The van der Waals surface area contributed by atoms with Crippen LogP contribution < -0.4 is 10.2 Å². The molecule has 186 valence electrons. The average molecular weight is 500 g/mol. The van der Waals surface area contributed by atoms with Crippen LogP contribution in [0.1, 0.15) is 40.4 Å². The number of halogens is 2. The van der Waals surface area contributed by atoms with Gasteiger partial charge in [0.2, 0.25) is 0 Å². The van der Waals surface area contributed by atoms with Gasteiger partial charge < -0.3 is 15.0 Å². The van der Waals surface area contributed by atoms with E-state index in [-0.39, 0.29) is 24.1 Å². The van der Waals surface area contributed by atoms with E-state index >= 15 is 0 Å². The number of ether oxygens (including phenoxy) is 1. The number of amides is 1. The van der Waals surface area contributed by atoms with Crippen molar-refractivity contribution in [3.63, 3.8) is 0 Å². The highest BCUT2D eigenvalue weighted by Crippen LogP contribution is 2.28. The van der Waals surface area contributed by atoms with Crippen LogP contribution in [-0.2, 0) is 17.8 Å². The average Bonchev–Trinajstić information content (AvgIpc) is 2.83. The smallest absolute Gasteiger partial charge is 0.254 e. The van der Waals surface area contributed by atoms with E-state index in [1.807, 2.05) is 19.9 Å². The van der Waals surface area contributed by atoms with Gasteiger partial charge in [-0.3, -0.25) is 4.79 Å². The maximum absolute atomic E-state index is 13.5. The molecule has 0 saturated carbocycles. The van der Waals surface area contributed by atoms with Gasteiger partial charge in [0, 0.05) is 33.4 Å². The van der Waals surface area contributed by atoms with Gasteiger partial charge in [0.15, 0.2) is 0 Å². The van der Waals surface area contributed by atoms with E-state index in [1.54, 1.807) is 31.4 Å². The van der Waals surface area contributed by atoms with Crippen LogP contribution in [0, 0.1) is 18.6 Å². The minimum Gasteiger partial charge on any atom is -0.385 e. The molecule has 0 aliphatic carbocycles. The number of rotatable bonds is 12. The molecule has 2 aromatic carbocycles. The normalized spacial score (nSPS) is 10.9. The first-order valence-corrected chi connectivity index (χ1v) is 12.5. The zero-order valence-electron chi connectivity index (χ0n) is 20.3. The minimum atomic E-state index is -0.337. The van der Waals surface area contributed by atoms with Gasteiger partial charge in [0.1, 0.15) is 22.5 Å². The number of nitrogens with one attached hydrogen (secondary N) is 1. The van der Waals surface area contributed by atoms with Crippen molar-refractivity contribution in [2.45, 2.75) is 38.4 Å². The summed E-state index contributed by atoms with van der Waals surface area (Å²) in [5, 5.41) is 3.54. The molecule has 0 spiro atoms. The molecule has 1 amide bonds. The van der Waals surface area contributed by atoms with Gasteiger partial charge in [-0.2, -0.15) is 0 Å². The van der Waals surface area contributed by atoms with Gasteiger partial charge in [-0.05, 0) is 66.1 Å². The van der Waals surface area contributed by atoms with Crippen molar-refractivity contribution in [1.29, 1.82) is 0 Å². The highest BCUT2D eigenvalue weighted by molar-refractivity contribution is 7.99. The van der Waals surface area contributed by atoms with Crippen molar-refractivity contribution in [2.24, 2.45) is 0 Å². The molecule has 0 bridgehead atoms. The molecule has 8 heteroatoms. The molecule has 0 saturated heterocycles. The molecule has 1 aromatic heterocycles. The second kappa shape index (κ2) is 13.2. The lowest BCUT2D eigenvalue weighted by atomic mass is 10.1. The highest BCUT2D eigenvalue weighted by atomic mass is 32.2. The zero-order valence-corrected chi connectivity index (χ0v) is 21.1. The first kappa shape index (κ1) is 26.6. The maximum atomic E-state index is 13.5. The van der Waals surface area contributed by atoms with Crippen LogP contribution in [0.25, 0.3) is 0 Å². The third kappa shape index (κ3) is 7.77. The molecule has 5 nitrogen and oxygen atoms in total. The summed E-state index contributed by atoms with van der Waals surface area (Å²) in [5.74, 6) is 0.647. The first-order chi connectivity index (χ1) is 16.9. The molecule has 0 atom stereocenters. The summed E-state index contributed by atoms with van der Waals surface area (Å²) in [6, 6.07) is 14.5. The topological polar surface area (TPSA) is 54.5 Å². The summed E-state index contributed by atoms with van der Waals surface area (Å²) in [4.78, 5) is 20.1. The minimum absolute atomic E-state index is 0.224. The summed E-state index contributed by atoms with van der Waals surface area (Å²) in [6.07, 6.45) is 0.796. The molecule has 35 heavy (non-hydrogen) atoms. The number of carbonyl (C=O) groups excluding carboxylic acids is 1. The van der Waals surface area contributed by atoms with Gasteiger partial charge in [-0.1, -0.05) is 31.2 Å². The Morgan fingerprint density at radius 1 is 1.09 bits per heavy atom. The van der Waals surface area contributed by atoms with Crippen LogP contribution in [0.5, 0.6) is 0 Å². The number of carbonyl (C=O) groups is 1. The van der Waals surface area contributed by atoms with Crippen molar-refractivity contribution < 1.29 is 18.3 Å². The second-order valence-electron chi connectivity index (χ2n) is 8.12. The van der Waals surface area contributed by atoms with Gasteiger partial charge in [-0.25, -0.2) is 13.8 Å². The van der Waals surface area contributed by atoms with Crippen LogP contribution in [-0.4, -0.2) is 36.9 Å². The second-order valence-corrected chi connectivity index (χ2v) is 9.37. The molecular formula is C27H31F2N3O2S. The standard InChI is InChI=1S/C27H31F2N3O2S/c1-4-35-27-25(26(33)30-17-21-7-5-8-23(29)16-21)19(2)15-24(31-27)32(13-6-14-34-3)18-20-9-11-22(28)12-10-20/h5,7-12,15-16H,4,6,13-14,17-18H2,1-3H3,(H,30,33). The van der Waals surface area contributed by atoms with E-state index < -0.39 is 0 Å². The third-order valence-electron chi connectivity index (χ3n) is 5.41.